The maximum Gasteiger partial charge on any atom is 0.253 e. The standard InChI is InChI=1S/C24H28Cl2N2O2/c1-27(24(29)18-4-7-20(25)8-5-18)15-17-12-22(13-17)30-21-9-6-19(23(26)14-21)16-28-10-2-3-11-28/h4-9,14,17,22H,2-3,10-13,15-16H2,1H3. The van der Waals surface area contributed by atoms with Crippen LogP contribution in [0.5, 0.6) is 5.75 Å². The third-order valence-corrected chi connectivity index (χ3v) is 6.69. The van der Waals surface area contributed by atoms with Crippen LogP contribution in [0.4, 0.5) is 0 Å². The molecule has 160 valence electrons. The third kappa shape index (κ3) is 5.29. The molecule has 0 bridgehead atoms. The molecule has 2 fully saturated rings. The summed E-state index contributed by atoms with van der Waals surface area (Å²) < 4.78 is 6.11. The van der Waals surface area contributed by atoms with Gasteiger partial charge in [-0.1, -0.05) is 29.3 Å². The van der Waals surface area contributed by atoms with Crippen LogP contribution in [0.2, 0.25) is 10.0 Å². The predicted octanol–water partition coefficient (Wildman–Crippen LogP) is 5.52. The first-order valence-electron chi connectivity index (χ1n) is 10.7. The number of benzene rings is 2. The zero-order valence-corrected chi connectivity index (χ0v) is 18.8. The van der Waals surface area contributed by atoms with E-state index >= 15 is 0 Å². The lowest BCUT2D eigenvalue weighted by atomic mass is 9.82. The van der Waals surface area contributed by atoms with Crippen LogP contribution < -0.4 is 4.74 Å². The molecule has 30 heavy (non-hydrogen) atoms. The molecule has 4 rings (SSSR count). The summed E-state index contributed by atoms with van der Waals surface area (Å²) >= 11 is 12.4. The predicted molar refractivity (Wildman–Crippen MR) is 122 cm³/mol. The lowest BCUT2D eigenvalue weighted by Gasteiger charge is -2.37. The summed E-state index contributed by atoms with van der Waals surface area (Å²) in [7, 11) is 1.85. The fourth-order valence-corrected chi connectivity index (χ4v) is 4.66. The summed E-state index contributed by atoms with van der Waals surface area (Å²) in [5.41, 5.74) is 1.83. The van der Waals surface area contributed by atoms with Gasteiger partial charge in [-0.05, 0) is 86.7 Å². The maximum absolute atomic E-state index is 12.5. The molecule has 0 spiro atoms. The van der Waals surface area contributed by atoms with Gasteiger partial charge in [0.15, 0.2) is 0 Å². The fourth-order valence-electron chi connectivity index (χ4n) is 4.31. The van der Waals surface area contributed by atoms with E-state index in [2.05, 4.69) is 11.0 Å². The van der Waals surface area contributed by atoms with Gasteiger partial charge in [-0.15, -0.1) is 0 Å². The third-order valence-electron chi connectivity index (χ3n) is 6.08. The van der Waals surface area contributed by atoms with Crippen molar-refractivity contribution in [1.29, 1.82) is 0 Å². The van der Waals surface area contributed by atoms with Gasteiger partial charge in [-0.25, -0.2) is 0 Å². The first-order valence-corrected chi connectivity index (χ1v) is 11.4. The highest BCUT2D eigenvalue weighted by atomic mass is 35.5. The Morgan fingerprint density at radius 3 is 2.47 bits per heavy atom. The van der Waals surface area contributed by atoms with Crippen LogP contribution in [-0.2, 0) is 6.54 Å². The summed E-state index contributed by atoms with van der Waals surface area (Å²) in [6.07, 6.45) is 4.65. The van der Waals surface area contributed by atoms with Gasteiger partial charge < -0.3 is 9.64 Å². The quantitative estimate of drug-likeness (QED) is 0.561. The number of nitrogens with zero attached hydrogens (tertiary/aromatic N) is 2. The molecule has 0 N–H and O–H groups in total. The molecule has 0 aromatic heterocycles. The number of likely N-dealkylation sites (tertiary alicyclic amines) is 1. The first kappa shape index (κ1) is 21.5. The van der Waals surface area contributed by atoms with Gasteiger partial charge in [-0.3, -0.25) is 9.69 Å². The molecule has 1 saturated carbocycles. The molecule has 0 radical (unpaired) electrons. The Labute approximate surface area is 188 Å². The van der Waals surface area contributed by atoms with Crippen molar-refractivity contribution in [2.45, 2.75) is 38.3 Å². The molecule has 4 nitrogen and oxygen atoms in total. The highest BCUT2D eigenvalue weighted by Gasteiger charge is 2.32. The van der Waals surface area contributed by atoms with Crippen molar-refractivity contribution >= 4 is 29.1 Å². The van der Waals surface area contributed by atoms with E-state index in [4.69, 9.17) is 27.9 Å². The van der Waals surface area contributed by atoms with Crippen molar-refractivity contribution in [3.05, 3.63) is 63.6 Å². The minimum absolute atomic E-state index is 0.0245. The number of amides is 1. The molecule has 2 aromatic carbocycles. The average Bonchev–Trinajstić information content (AvgIpc) is 3.21. The SMILES string of the molecule is CN(CC1CC(Oc2ccc(CN3CCCC3)c(Cl)c2)C1)C(=O)c1ccc(Cl)cc1. The van der Waals surface area contributed by atoms with Gasteiger partial charge in [0.2, 0.25) is 0 Å². The normalized spacial score (nSPS) is 21.3. The van der Waals surface area contributed by atoms with Crippen LogP contribution in [0.15, 0.2) is 42.5 Å². The Bertz CT molecular complexity index is 875. The van der Waals surface area contributed by atoms with Gasteiger partial charge in [0.1, 0.15) is 5.75 Å². The second-order valence-electron chi connectivity index (χ2n) is 8.51. The lowest BCUT2D eigenvalue weighted by molar-refractivity contribution is 0.0419. The van der Waals surface area contributed by atoms with Gasteiger partial charge in [0, 0.05) is 35.7 Å². The largest absolute Gasteiger partial charge is 0.490 e. The summed E-state index contributed by atoms with van der Waals surface area (Å²) in [4.78, 5) is 16.8. The summed E-state index contributed by atoms with van der Waals surface area (Å²) in [5, 5.41) is 1.42. The highest BCUT2D eigenvalue weighted by Crippen LogP contribution is 2.33. The van der Waals surface area contributed by atoms with Crippen LogP contribution >= 0.6 is 23.2 Å². The molecule has 1 aliphatic heterocycles. The lowest BCUT2D eigenvalue weighted by Crippen LogP contribution is -2.41. The van der Waals surface area contributed by atoms with Crippen molar-refractivity contribution in [3.63, 3.8) is 0 Å². The molecule has 1 amide bonds. The Morgan fingerprint density at radius 2 is 1.80 bits per heavy atom. The van der Waals surface area contributed by atoms with Crippen molar-refractivity contribution in [2.24, 2.45) is 5.92 Å². The first-order chi connectivity index (χ1) is 14.5. The number of carbonyl (C=O) groups is 1. The number of ether oxygens (including phenoxy) is 1. The van der Waals surface area contributed by atoms with Crippen molar-refractivity contribution in [3.8, 4) is 5.75 Å². The molecule has 0 unspecified atom stereocenters. The summed E-state index contributed by atoms with van der Waals surface area (Å²) in [5.74, 6) is 1.32. The topological polar surface area (TPSA) is 32.8 Å². The molecule has 1 saturated heterocycles. The van der Waals surface area contributed by atoms with E-state index in [-0.39, 0.29) is 12.0 Å². The van der Waals surface area contributed by atoms with Crippen molar-refractivity contribution in [1.82, 2.24) is 9.80 Å². The zero-order valence-electron chi connectivity index (χ0n) is 17.3. The van der Waals surface area contributed by atoms with Crippen LogP contribution in [0.1, 0.15) is 41.6 Å². The number of hydrogen-bond acceptors (Lipinski definition) is 3. The Balaban J connectivity index is 1.23. The average molecular weight is 447 g/mol. The zero-order chi connectivity index (χ0) is 21.1. The Hall–Kier alpha value is -1.75. The van der Waals surface area contributed by atoms with E-state index < -0.39 is 0 Å². The monoisotopic (exact) mass is 446 g/mol. The van der Waals surface area contributed by atoms with E-state index in [0.29, 0.717) is 16.5 Å². The van der Waals surface area contributed by atoms with Crippen molar-refractivity contribution in [2.75, 3.05) is 26.7 Å². The van der Waals surface area contributed by atoms with E-state index in [1.54, 1.807) is 29.2 Å². The second-order valence-corrected chi connectivity index (χ2v) is 9.35. The molecule has 2 aliphatic rings. The molecule has 6 heteroatoms. The summed E-state index contributed by atoms with van der Waals surface area (Å²) in [6.45, 7) is 3.97. The number of rotatable bonds is 7. The minimum atomic E-state index is 0.0245. The van der Waals surface area contributed by atoms with Crippen LogP contribution in [0, 0.1) is 5.92 Å². The molecule has 0 atom stereocenters. The van der Waals surface area contributed by atoms with Gasteiger partial charge >= 0.3 is 0 Å². The Kier molecular flexibility index (Phi) is 6.87. The summed E-state index contributed by atoms with van der Waals surface area (Å²) in [6, 6.07) is 13.1. The second kappa shape index (κ2) is 9.59. The van der Waals surface area contributed by atoms with Crippen LogP contribution in [0.25, 0.3) is 0 Å². The number of hydrogen-bond donors (Lipinski definition) is 0. The van der Waals surface area contributed by atoms with E-state index in [1.807, 2.05) is 19.2 Å². The smallest absolute Gasteiger partial charge is 0.253 e. The van der Waals surface area contributed by atoms with Crippen molar-refractivity contribution < 1.29 is 9.53 Å². The van der Waals surface area contributed by atoms with Crippen LogP contribution in [-0.4, -0.2) is 48.5 Å². The molecule has 1 heterocycles. The van der Waals surface area contributed by atoms with Gasteiger partial charge in [0.05, 0.1) is 6.10 Å². The molecule has 2 aromatic rings. The highest BCUT2D eigenvalue weighted by molar-refractivity contribution is 6.31. The maximum atomic E-state index is 12.5. The number of halogens is 2. The van der Waals surface area contributed by atoms with Crippen LogP contribution in [0.3, 0.4) is 0 Å². The molecule has 1 aliphatic carbocycles. The molecular formula is C24H28Cl2N2O2. The van der Waals surface area contributed by atoms with E-state index in [0.717, 1.165) is 49.8 Å². The van der Waals surface area contributed by atoms with Gasteiger partial charge in [-0.2, -0.15) is 0 Å². The van der Waals surface area contributed by atoms with Gasteiger partial charge in [0.25, 0.3) is 5.91 Å². The number of carbonyl (C=O) groups excluding carboxylic acids is 1. The fraction of sp³-hybridized carbons (Fsp3) is 0.458. The Morgan fingerprint density at radius 1 is 1.10 bits per heavy atom. The van der Waals surface area contributed by atoms with E-state index in [9.17, 15) is 4.79 Å². The molecular weight excluding hydrogens is 419 g/mol. The van der Waals surface area contributed by atoms with E-state index in [1.165, 1.54) is 18.4 Å². The minimum Gasteiger partial charge on any atom is -0.490 e.